The average Bonchev–Trinajstić information content (AvgIpc) is 3.37. The van der Waals surface area contributed by atoms with Crippen molar-refractivity contribution < 1.29 is 9.59 Å². The summed E-state index contributed by atoms with van der Waals surface area (Å²) >= 11 is 1.41. The molecule has 1 amide bonds. The number of carbonyl (C=O) groups excluding carboxylic acids is 2. The van der Waals surface area contributed by atoms with Crippen molar-refractivity contribution in [3.63, 3.8) is 0 Å². The maximum Gasteiger partial charge on any atom is 0.255 e. The number of hydrogen-bond donors (Lipinski definition) is 1. The number of fused-ring (bicyclic) bond motifs is 1. The van der Waals surface area contributed by atoms with E-state index in [0.29, 0.717) is 11.1 Å². The van der Waals surface area contributed by atoms with E-state index in [9.17, 15) is 9.59 Å². The summed E-state index contributed by atoms with van der Waals surface area (Å²) in [6, 6.07) is 11.4. The van der Waals surface area contributed by atoms with Crippen LogP contribution >= 0.6 is 11.8 Å². The van der Waals surface area contributed by atoms with Gasteiger partial charge >= 0.3 is 0 Å². The number of thioether (sulfide) groups is 1. The molecule has 1 fully saturated rings. The molecule has 0 radical (unpaired) electrons. The summed E-state index contributed by atoms with van der Waals surface area (Å²) in [7, 11) is 0. The lowest BCUT2D eigenvalue weighted by Crippen LogP contribution is -2.27. The van der Waals surface area contributed by atoms with Gasteiger partial charge in [-0.3, -0.25) is 9.59 Å². The second-order valence-electron chi connectivity index (χ2n) is 6.76. The van der Waals surface area contributed by atoms with E-state index >= 15 is 0 Å². The number of nitrogens with one attached hydrogen (secondary N) is 1. The number of ketones is 1. The van der Waals surface area contributed by atoms with Crippen LogP contribution in [0.4, 0.5) is 0 Å². The van der Waals surface area contributed by atoms with Gasteiger partial charge in [-0.1, -0.05) is 30.0 Å². The number of likely N-dealkylation sites (tertiary alicyclic amines) is 1. The van der Waals surface area contributed by atoms with Crippen molar-refractivity contribution in [1.82, 2.24) is 14.9 Å². The van der Waals surface area contributed by atoms with Crippen LogP contribution in [0, 0.1) is 0 Å². The maximum absolute atomic E-state index is 12.8. The molecule has 1 aliphatic rings. The summed E-state index contributed by atoms with van der Waals surface area (Å²) < 4.78 is 0. The summed E-state index contributed by atoms with van der Waals surface area (Å²) in [5, 5.41) is 1.42. The van der Waals surface area contributed by atoms with Gasteiger partial charge in [-0.2, -0.15) is 0 Å². The number of H-pyrrole nitrogens is 1. The number of rotatable bonds is 5. The molecule has 1 atom stereocenters. The Morgan fingerprint density at radius 1 is 1.15 bits per heavy atom. The zero-order valence-electron chi connectivity index (χ0n) is 15.1. The normalized spacial score (nSPS) is 15.2. The molecule has 3 heterocycles. The first kappa shape index (κ1) is 17.8. The Bertz CT molecular complexity index is 975. The van der Waals surface area contributed by atoms with Crippen LogP contribution in [0.1, 0.15) is 40.5 Å². The molecular formula is C21H21N3O2S. The minimum absolute atomic E-state index is 0.0412. The number of Topliss-reactive ketones (excluding diaryl/α,β-unsaturated/α-hetero) is 1. The van der Waals surface area contributed by atoms with Crippen LogP contribution in [-0.4, -0.2) is 44.9 Å². The fourth-order valence-electron chi connectivity index (χ4n) is 3.41. The summed E-state index contributed by atoms with van der Waals surface area (Å²) in [6.45, 7) is 3.54. The number of aromatic amines is 1. The molecule has 1 saturated heterocycles. The molecule has 6 heteroatoms. The van der Waals surface area contributed by atoms with Crippen molar-refractivity contribution in [2.24, 2.45) is 0 Å². The highest BCUT2D eigenvalue weighted by molar-refractivity contribution is 8.00. The van der Waals surface area contributed by atoms with Crippen molar-refractivity contribution in [1.29, 1.82) is 0 Å². The van der Waals surface area contributed by atoms with Crippen LogP contribution in [0.5, 0.6) is 0 Å². The minimum Gasteiger partial charge on any atom is -0.360 e. The Balaban J connectivity index is 1.45. The summed E-state index contributed by atoms with van der Waals surface area (Å²) in [4.78, 5) is 34.6. The molecule has 1 N–H and O–H groups in total. The zero-order chi connectivity index (χ0) is 18.8. The van der Waals surface area contributed by atoms with Gasteiger partial charge in [0, 0.05) is 41.9 Å². The van der Waals surface area contributed by atoms with Gasteiger partial charge < -0.3 is 9.88 Å². The number of pyridine rings is 1. The van der Waals surface area contributed by atoms with Gasteiger partial charge in [0.05, 0.1) is 15.8 Å². The third-order valence-electron chi connectivity index (χ3n) is 4.90. The largest absolute Gasteiger partial charge is 0.360 e. The first-order valence-electron chi connectivity index (χ1n) is 9.16. The number of para-hydroxylation sites is 1. The molecule has 1 aliphatic heterocycles. The van der Waals surface area contributed by atoms with E-state index in [2.05, 4.69) is 9.97 Å². The lowest BCUT2D eigenvalue weighted by Gasteiger charge is -2.15. The third-order valence-corrected chi connectivity index (χ3v) is 5.95. The third kappa shape index (κ3) is 3.62. The second kappa shape index (κ2) is 7.56. The molecular weight excluding hydrogens is 358 g/mol. The molecule has 0 unspecified atom stereocenters. The van der Waals surface area contributed by atoms with Crippen molar-refractivity contribution in [3.05, 3.63) is 59.9 Å². The van der Waals surface area contributed by atoms with Gasteiger partial charge in [-0.15, -0.1) is 0 Å². The molecule has 0 spiro atoms. The summed E-state index contributed by atoms with van der Waals surface area (Å²) in [5.74, 6) is 0.107. The van der Waals surface area contributed by atoms with Gasteiger partial charge in [-0.05, 0) is 38.0 Å². The lowest BCUT2D eigenvalue weighted by molar-refractivity contribution is 0.0792. The summed E-state index contributed by atoms with van der Waals surface area (Å²) in [6.07, 6.45) is 5.53. The lowest BCUT2D eigenvalue weighted by atomic mass is 10.1. The second-order valence-corrected chi connectivity index (χ2v) is 8.12. The topological polar surface area (TPSA) is 66.1 Å². The average molecular weight is 379 g/mol. The van der Waals surface area contributed by atoms with Crippen molar-refractivity contribution in [3.8, 4) is 0 Å². The predicted octanol–water partition coefficient (Wildman–Crippen LogP) is 4.16. The van der Waals surface area contributed by atoms with E-state index in [1.807, 2.05) is 42.2 Å². The SMILES string of the molecule is C[C@H](Sc1ccc(C(=O)N2CCCC2)cn1)C(=O)c1c[nH]c2ccccc12. The smallest absolute Gasteiger partial charge is 0.255 e. The molecule has 0 aliphatic carbocycles. The highest BCUT2D eigenvalue weighted by Gasteiger charge is 2.22. The molecule has 2 aromatic heterocycles. The molecule has 0 bridgehead atoms. The molecule has 3 aromatic rings. The Morgan fingerprint density at radius 2 is 1.93 bits per heavy atom. The Labute approximate surface area is 162 Å². The van der Waals surface area contributed by atoms with Gasteiger partial charge in [0.15, 0.2) is 5.78 Å². The number of hydrogen-bond acceptors (Lipinski definition) is 4. The first-order chi connectivity index (χ1) is 13.1. The van der Waals surface area contributed by atoms with Gasteiger partial charge in [0.2, 0.25) is 0 Å². The van der Waals surface area contributed by atoms with Gasteiger partial charge in [0.25, 0.3) is 5.91 Å². The standard InChI is InChI=1S/C21H21N3O2S/c1-14(20(25)17-13-22-18-7-3-2-6-16(17)18)27-19-9-8-15(12-23-19)21(26)24-10-4-5-11-24/h2-3,6-9,12-14,22H,4-5,10-11H2,1H3/t14-/m0/s1. The quantitative estimate of drug-likeness (QED) is 0.534. The van der Waals surface area contributed by atoms with E-state index in [1.165, 1.54) is 11.8 Å². The van der Waals surface area contributed by atoms with Crippen LogP contribution in [0.3, 0.4) is 0 Å². The maximum atomic E-state index is 12.8. The van der Waals surface area contributed by atoms with E-state index < -0.39 is 0 Å². The zero-order valence-corrected chi connectivity index (χ0v) is 16.0. The molecule has 0 saturated carbocycles. The van der Waals surface area contributed by atoms with Crippen molar-refractivity contribution >= 4 is 34.4 Å². The first-order valence-corrected chi connectivity index (χ1v) is 10.0. The van der Waals surface area contributed by atoms with Crippen molar-refractivity contribution in [2.75, 3.05) is 13.1 Å². The highest BCUT2D eigenvalue weighted by atomic mass is 32.2. The van der Waals surface area contributed by atoms with Crippen LogP contribution in [-0.2, 0) is 0 Å². The van der Waals surface area contributed by atoms with Crippen LogP contribution in [0.2, 0.25) is 0 Å². The van der Waals surface area contributed by atoms with E-state index in [1.54, 1.807) is 18.5 Å². The van der Waals surface area contributed by atoms with E-state index in [4.69, 9.17) is 0 Å². The fourth-order valence-corrected chi connectivity index (χ4v) is 4.26. The minimum atomic E-state index is -0.267. The monoisotopic (exact) mass is 379 g/mol. The number of nitrogens with zero attached hydrogens (tertiary/aromatic N) is 2. The van der Waals surface area contributed by atoms with Crippen LogP contribution in [0.15, 0.2) is 53.8 Å². The van der Waals surface area contributed by atoms with E-state index in [0.717, 1.165) is 41.9 Å². The fraction of sp³-hybridized carbons (Fsp3) is 0.286. The molecule has 138 valence electrons. The molecule has 1 aromatic carbocycles. The molecule has 27 heavy (non-hydrogen) atoms. The van der Waals surface area contributed by atoms with Gasteiger partial charge in [-0.25, -0.2) is 4.98 Å². The number of amides is 1. The van der Waals surface area contributed by atoms with Crippen molar-refractivity contribution in [2.45, 2.75) is 30.0 Å². The molecule has 5 nitrogen and oxygen atoms in total. The van der Waals surface area contributed by atoms with Gasteiger partial charge in [0.1, 0.15) is 0 Å². The van der Waals surface area contributed by atoms with Crippen LogP contribution in [0.25, 0.3) is 10.9 Å². The van der Waals surface area contributed by atoms with E-state index in [-0.39, 0.29) is 16.9 Å². The number of carbonyl (C=O) groups is 2. The Morgan fingerprint density at radius 3 is 2.67 bits per heavy atom. The highest BCUT2D eigenvalue weighted by Crippen LogP contribution is 2.27. The summed E-state index contributed by atoms with van der Waals surface area (Å²) in [5.41, 5.74) is 2.27. The Kier molecular flexibility index (Phi) is 4.99. The Hall–Kier alpha value is -2.60. The molecule has 4 rings (SSSR count). The number of aromatic nitrogens is 2. The predicted molar refractivity (Wildman–Crippen MR) is 107 cm³/mol. The van der Waals surface area contributed by atoms with Crippen LogP contribution < -0.4 is 0 Å². The number of benzene rings is 1.